The number of nitrogens with zero attached hydrogens (tertiary/aromatic N) is 3. The minimum absolute atomic E-state index is 0.00711. The maximum Gasteiger partial charge on any atom is 0.276 e. The van der Waals surface area contributed by atoms with Crippen molar-refractivity contribution in [2.24, 2.45) is 5.73 Å². The van der Waals surface area contributed by atoms with Crippen molar-refractivity contribution in [2.45, 2.75) is 51.1 Å². The number of fused-ring (bicyclic) bond motifs is 3. The average Bonchev–Trinajstić information content (AvgIpc) is 3.28. The van der Waals surface area contributed by atoms with Crippen molar-refractivity contribution < 1.29 is 18.7 Å². The van der Waals surface area contributed by atoms with Crippen LogP contribution < -0.4 is 10.5 Å². The molecule has 2 amide bonds. The van der Waals surface area contributed by atoms with Gasteiger partial charge in [0.15, 0.2) is 5.69 Å². The van der Waals surface area contributed by atoms with Crippen LogP contribution in [0.3, 0.4) is 0 Å². The molecule has 166 valence electrons. The summed E-state index contributed by atoms with van der Waals surface area (Å²) in [4.78, 5) is 34.0. The Bertz CT molecular complexity index is 912. The van der Waals surface area contributed by atoms with E-state index in [1.807, 2.05) is 17.0 Å². The Morgan fingerprint density at radius 1 is 1.19 bits per heavy atom. The van der Waals surface area contributed by atoms with Crippen LogP contribution in [0.25, 0.3) is 0 Å². The van der Waals surface area contributed by atoms with Gasteiger partial charge in [-0.25, -0.2) is 4.98 Å². The van der Waals surface area contributed by atoms with Crippen molar-refractivity contribution in [3.63, 3.8) is 0 Å². The van der Waals surface area contributed by atoms with Gasteiger partial charge in [-0.3, -0.25) is 9.59 Å². The van der Waals surface area contributed by atoms with E-state index in [0.29, 0.717) is 25.5 Å². The van der Waals surface area contributed by atoms with E-state index in [4.69, 9.17) is 14.9 Å². The van der Waals surface area contributed by atoms with Crippen LogP contribution in [0.5, 0.6) is 5.75 Å². The molecule has 2 bridgehead atoms. The van der Waals surface area contributed by atoms with Crippen molar-refractivity contribution >= 4 is 11.8 Å². The largest absolute Gasteiger partial charge is 0.494 e. The van der Waals surface area contributed by atoms with Crippen LogP contribution in [-0.4, -0.2) is 58.9 Å². The van der Waals surface area contributed by atoms with Gasteiger partial charge < -0.3 is 24.7 Å². The molecule has 0 saturated carbocycles. The molecule has 8 nitrogen and oxygen atoms in total. The van der Waals surface area contributed by atoms with Gasteiger partial charge in [0.2, 0.25) is 11.8 Å². The molecule has 1 aromatic heterocycles. The topological polar surface area (TPSA) is 102 Å². The first-order valence-electron chi connectivity index (χ1n) is 11.1. The Balaban J connectivity index is 1.56. The molecule has 1 saturated heterocycles. The van der Waals surface area contributed by atoms with Crippen LogP contribution in [0.4, 0.5) is 0 Å². The SMILES string of the molecule is NCc1nc(C(=O)N2CCCOc3cccc(c3)CCC3CCCCN3C(=O)C2)co1. The number of amides is 2. The highest BCUT2D eigenvalue weighted by Gasteiger charge is 2.30. The first-order chi connectivity index (χ1) is 15.1. The van der Waals surface area contributed by atoms with Gasteiger partial charge in [-0.1, -0.05) is 12.1 Å². The van der Waals surface area contributed by atoms with E-state index in [9.17, 15) is 9.59 Å². The summed E-state index contributed by atoms with van der Waals surface area (Å²) >= 11 is 0. The van der Waals surface area contributed by atoms with Gasteiger partial charge in [0.1, 0.15) is 18.6 Å². The number of hydrogen-bond donors (Lipinski definition) is 1. The van der Waals surface area contributed by atoms with Crippen LogP contribution in [0.15, 0.2) is 34.9 Å². The molecule has 1 atom stereocenters. The molecule has 0 radical (unpaired) electrons. The lowest BCUT2D eigenvalue weighted by Crippen LogP contribution is -2.49. The van der Waals surface area contributed by atoms with Gasteiger partial charge >= 0.3 is 0 Å². The third-order valence-electron chi connectivity index (χ3n) is 6.01. The zero-order valence-corrected chi connectivity index (χ0v) is 17.8. The van der Waals surface area contributed by atoms with E-state index < -0.39 is 0 Å². The number of ether oxygens (including phenoxy) is 1. The minimum atomic E-state index is -0.320. The number of carbonyl (C=O) groups excluding carboxylic acids is 2. The Hall–Kier alpha value is -2.87. The van der Waals surface area contributed by atoms with E-state index in [2.05, 4.69) is 17.1 Å². The predicted molar refractivity (Wildman–Crippen MR) is 115 cm³/mol. The van der Waals surface area contributed by atoms with Crippen molar-refractivity contribution in [1.29, 1.82) is 0 Å². The molecule has 1 fully saturated rings. The number of hydrogen-bond acceptors (Lipinski definition) is 6. The first-order valence-corrected chi connectivity index (χ1v) is 11.1. The van der Waals surface area contributed by atoms with E-state index >= 15 is 0 Å². The average molecular weight is 427 g/mol. The molecule has 8 heteroatoms. The molecular weight excluding hydrogens is 396 g/mol. The number of nitrogens with two attached hydrogens (primary N) is 1. The van der Waals surface area contributed by atoms with Gasteiger partial charge in [-0.05, 0) is 56.2 Å². The highest BCUT2D eigenvalue weighted by molar-refractivity contribution is 5.94. The molecule has 4 rings (SSSR count). The number of oxazole rings is 1. The fourth-order valence-electron chi connectivity index (χ4n) is 4.37. The molecule has 31 heavy (non-hydrogen) atoms. The maximum absolute atomic E-state index is 13.2. The summed E-state index contributed by atoms with van der Waals surface area (Å²) in [7, 11) is 0. The fourth-order valence-corrected chi connectivity index (χ4v) is 4.37. The molecule has 1 aromatic carbocycles. The van der Waals surface area contributed by atoms with Gasteiger partial charge in [-0.2, -0.15) is 0 Å². The molecule has 2 aromatic rings. The second kappa shape index (κ2) is 9.96. The number of benzene rings is 1. The van der Waals surface area contributed by atoms with Crippen molar-refractivity contribution in [1.82, 2.24) is 14.8 Å². The highest BCUT2D eigenvalue weighted by Crippen LogP contribution is 2.24. The van der Waals surface area contributed by atoms with Crippen LogP contribution in [0.1, 0.15) is 54.0 Å². The third kappa shape index (κ3) is 5.25. The Labute approximate surface area is 182 Å². The summed E-state index contributed by atoms with van der Waals surface area (Å²) in [6, 6.07) is 8.35. The number of rotatable bonds is 2. The lowest BCUT2D eigenvalue weighted by atomic mass is 9.95. The molecule has 0 spiro atoms. The molecule has 2 aliphatic heterocycles. The standard InChI is InChI=1S/C23H30N4O4/c24-14-21-25-20(16-31-21)23(29)26-10-4-12-30-19-7-3-5-17(13-19)8-9-18-6-1-2-11-27(18)22(28)15-26/h3,5,7,13,16,18H,1-2,4,6,8-12,14-15,24H2. The van der Waals surface area contributed by atoms with E-state index in [1.54, 1.807) is 4.90 Å². The second-order valence-corrected chi connectivity index (χ2v) is 8.18. The number of aryl methyl sites for hydroxylation is 1. The summed E-state index contributed by atoms with van der Waals surface area (Å²) < 4.78 is 11.1. The van der Waals surface area contributed by atoms with E-state index in [1.165, 1.54) is 11.8 Å². The molecule has 0 aliphatic carbocycles. The highest BCUT2D eigenvalue weighted by atomic mass is 16.5. The maximum atomic E-state index is 13.2. The molecule has 2 N–H and O–H groups in total. The van der Waals surface area contributed by atoms with Gasteiger partial charge in [0, 0.05) is 19.1 Å². The number of aromatic nitrogens is 1. The van der Waals surface area contributed by atoms with Crippen molar-refractivity contribution in [3.8, 4) is 5.75 Å². The summed E-state index contributed by atoms with van der Waals surface area (Å²) in [5, 5.41) is 0. The third-order valence-corrected chi connectivity index (χ3v) is 6.01. The Morgan fingerprint density at radius 2 is 2.10 bits per heavy atom. The zero-order chi connectivity index (χ0) is 21.6. The first kappa shape index (κ1) is 21.4. The lowest BCUT2D eigenvalue weighted by molar-refractivity contribution is -0.135. The minimum Gasteiger partial charge on any atom is -0.494 e. The number of carbonyl (C=O) groups is 2. The Morgan fingerprint density at radius 3 is 2.94 bits per heavy atom. The van der Waals surface area contributed by atoms with E-state index in [0.717, 1.165) is 44.4 Å². The monoisotopic (exact) mass is 426 g/mol. The summed E-state index contributed by atoms with van der Waals surface area (Å²) in [5.74, 6) is 0.816. The fraction of sp³-hybridized carbons (Fsp3) is 0.522. The predicted octanol–water partition coefficient (Wildman–Crippen LogP) is 2.37. The van der Waals surface area contributed by atoms with Crippen molar-refractivity contribution in [2.75, 3.05) is 26.2 Å². The Kier molecular flexibility index (Phi) is 6.86. The number of piperidine rings is 1. The summed E-state index contributed by atoms with van der Waals surface area (Å²) in [5.41, 5.74) is 6.95. The normalized spacial score (nSPS) is 20.5. The molecule has 3 heterocycles. The lowest BCUT2D eigenvalue weighted by Gasteiger charge is -2.37. The van der Waals surface area contributed by atoms with Gasteiger partial charge in [-0.15, -0.1) is 0 Å². The molecule has 2 aliphatic rings. The molecule has 1 unspecified atom stereocenters. The zero-order valence-electron chi connectivity index (χ0n) is 17.8. The summed E-state index contributed by atoms with van der Waals surface area (Å²) in [6.45, 7) is 1.75. The van der Waals surface area contributed by atoms with Gasteiger partial charge in [0.25, 0.3) is 5.91 Å². The van der Waals surface area contributed by atoms with Crippen LogP contribution in [-0.2, 0) is 17.8 Å². The van der Waals surface area contributed by atoms with Crippen LogP contribution in [0.2, 0.25) is 0 Å². The van der Waals surface area contributed by atoms with E-state index in [-0.39, 0.29) is 36.6 Å². The smallest absolute Gasteiger partial charge is 0.276 e. The van der Waals surface area contributed by atoms with Crippen molar-refractivity contribution in [3.05, 3.63) is 47.7 Å². The quantitative estimate of drug-likeness (QED) is 0.791. The van der Waals surface area contributed by atoms with Crippen LogP contribution >= 0.6 is 0 Å². The van der Waals surface area contributed by atoms with Gasteiger partial charge in [0.05, 0.1) is 13.2 Å². The van der Waals surface area contributed by atoms with Crippen LogP contribution in [0, 0.1) is 0 Å². The summed E-state index contributed by atoms with van der Waals surface area (Å²) in [6.07, 6.45) is 6.85. The second-order valence-electron chi connectivity index (χ2n) is 8.18. The molecular formula is C23H30N4O4.